The van der Waals surface area contributed by atoms with Crippen molar-refractivity contribution in [1.82, 2.24) is 4.98 Å². The highest BCUT2D eigenvalue weighted by Crippen LogP contribution is 2.23. The van der Waals surface area contributed by atoms with E-state index < -0.39 is 0 Å². The van der Waals surface area contributed by atoms with E-state index in [9.17, 15) is 0 Å². The summed E-state index contributed by atoms with van der Waals surface area (Å²) in [4.78, 5) is 6.87. The van der Waals surface area contributed by atoms with Crippen molar-refractivity contribution in [2.75, 3.05) is 25.2 Å². The molecule has 0 saturated carbocycles. The number of nitrogen functional groups attached to an aromatic ring is 1. The minimum Gasteiger partial charge on any atom is -0.384 e. The van der Waals surface area contributed by atoms with Crippen LogP contribution in [0.2, 0.25) is 0 Å². The summed E-state index contributed by atoms with van der Waals surface area (Å²) in [5.41, 5.74) is 7.31. The third-order valence-corrected chi connectivity index (χ3v) is 3.45. The summed E-state index contributed by atoms with van der Waals surface area (Å²) in [5.74, 6) is 0.885. The summed E-state index contributed by atoms with van der Waals surface area (Å²) < 4.78 is 5.17. The van der Waals surface area contributed by atoms with Gasteiger partial charge in [-0.05, 0) is 26.0 Å². The molecule has 21 heavy (non-hydrogen) atoms. The molecule has 0 radical (unpaired) electrons. The number of benzene rings is 1. The molecule has 3 N–H and O–H groups in total. The Hall–Kier alpha value is -2.14. The van der Waals surface area contributed by atoms with Crippen molar-refractivity contribution >= 4 is 22.6 Å². The topological polar surface area (TPSA) is 75.2 Å². The molecule has 1 aromatic carbocycles. The average Bonchev–Trinajstić information content (AvgIpc) is 2.46. The van der Waals surface area contributed by atoms with Crippen molar-refractivity contribution in [3.05, 3.63) is 35.9 Å². The molecule has 0 aliphatic rings. The lowest BCUT2D eigenvalue weighted by Crippen LogP contribution is -2.34. The zero-order valence-corrected chi connectivity index (χ0v) is 12.8. The summed E-state index contributed by atoms with van der Waals surface area (Å²) >= 11 is 0. The maximum atomic E-state index is 7.81. The molecule has 0 aliphatic carbocycles. The van der Waals surface area contributed by atoms with E-state index in [0.29, 0.717) is 6.61 Å². The van der Waals surface area contributed by atoms with Crippen LogP contribution in [0, 0.1) is 5.41 Å². The molecule has 2 aromatic rings. The van der Waals surface area contributed by atoms with E-state index in [-0.39, 0.29) is 11.9 Å². The fourth-order valence-corrected chi connectivity index (χ4v) is 2.36. The van der Waals surface area contributed by atoms with Crippen molar-refractivity contribution in [2.24, 2.45) is 5.73 Å². The molecule has 112 valence electrons. The Kier molecular flexibility index (Phi) is 4.75. The standard InChI is InChI=1S/C16H22N4O/c1-11(2)20(8-9-21-3)15-10-13(16(17)18)12-6-4-5-7-14(12)19-15/h4-7,10-11H,8-9H2,1-3H3,(H3,17,18). The van der Waals surface area contributed by atoms with E-state index in [1.54, 1.807) is 7.11 Å². The highest BCUT2D eigenvalue weighted by atomic mass is 16.5. The van der Waals surface area contributed by atoms with Gasteiger partial charge in [-0.1, -0.05) is 18.2 Å². The average molecular weight is 286 g/mol. The van der Waals surface area contributed by atoms with Gasteiger partial charge in [-0.25, -0.2) is 4.98 Å². The maximum Gasteiger partial charge on any atom is 0.130 e. The minimum atomic E-state index is 0.0605. The van der Waals surface area contributed by atoms with Crippen LogP contribution in [0.25, 0.3) is 10.9 Å². The van der Waals surface area contributed by atoms with Crippen LogP contribution in [0.1, 0.15) is 19.4 Å². The first kappa shape index (κ1) is 15.3. The molecule has 2 rings (SSSR count). The van der Waals surface area contributed by atoms with Crippen LogP contribution in [0.5, 0.6) is 0 Å². The van der Waals surface area contributed by atoms with Gasteiger partial charge in [0.15, 0.2) is 0 Å². The highest BCUT2D eigenvalue weighted by Gasteiger charge is 2.15. The van der Waals surface area contributed by atoms with Gasteiger partial charge in [-0.3, -0.25) is 5.41 Å². The minimum absolute atomic E-state index is 0.0605. The Balaban J connectivity index is 2.55. The Morgan fingerprint density at radius 2 is 2.10 bits per heavy atom. The van der Waals surface area contributed by atoms with Crippen molar-refractivity contribution in [3.8, 4) is 0 Å². The molecule has 1 aromatic heterocycles. The second kappa shape index (κ2) is 6.54. The highest BCUT2D eigenvalue weighted by molar-refractivity contribution is 6.07. The molecule has 0 unspecified atom stereocenters. The van der Waals surface area contributed by atoms with Gasteiger partial charge in [0, 0.05) is 30.6 Å². The van der Waals surface area contributed by atoms with E-state index >= 15 is 0 Å². The second-order valence-corrected chi connectivity index (χ2v) is 5.24. The van der Waals surface area contributed by atoms with E-state index in [0.717, 1.165) is 28.8 Å². The summed E-state index contributed by atoms with van der Waals surface area (Å²) in [5, 5.41) is 8.71. The Labute approximate surface area is 125 Å². The smallest absolute Gasteiger partial charge is 0.130 e. The quantitative estimate of drug-likeness (QED) is 0.631. The Morgan fingerprint density at radius 1 is 1.38 bits per heavy atom. The van der Waals surface area contributed by atoms with E-state index in [1.165, 1.54) is 0 Å². The van der Waals surface area contributed by atoms with Gasteiger partial charge in [0.05, 0.1) is 12.1 Å². The van der Waals surface area contributed by atoms with Gasteiger partial charge in [-0.15, -0.1) is 0 Å². The molecule has 0 bridgehead atoms. The molecular formula is C16H22N4O. The van der Waals surface area contributed by atoms with Gasteiger partial charge in [0.2, 0.25) is 0 Å². The van der Waals surface area contributed by atoms with Gasteiger partial charge in [-0.2, -0.15) is 0 Å². The van der Waals surface area contributed by atoms with Crippen LogP contribution >= 0.6 is 0 Å². The number of hydrogen-bond donors (Lipinski definition) is 2. The second-order valence-electron chi connectivity index (χ2n) is 5.24. The zero-order chi connectivity index (χ0) is 15.4. The predicted molar refractivity (Wildman–Crippen MR) is 87.1 cm³/mol. The van der Waals surface area contributed by atoms with Crippen LogP contribution in [0.15, 0.2) is 30.3 Å². The van der Waals surface area contributed by atoms with Gasteiger partial charge in [0.25, 0.3) is 0 Å². The lowest BCUT2D eigenvalue weighted by atomic mass is 10.1. The number of rotatable bonds is 6. The first-order valence-corrected chi connectivity index (χ1v) is 7.04. The van der Waals surface area contributed by atoms with Crippen LogP contribution in [0.4, 0.5) is 5.82 Å². The number of aromatic nitrogens is 1. The SMILES string of the molecule is COCCN(c1cc(C(=N)N)c2ccccc2n1)C(C)C. The lowest BCUT2D eigenvalue weighted by molar-refractivity contribution is 0.203. The number of hydrogen-bond acceptors (Lipinski definition) is 4. The van der Waals surface area contributed by atoms with Crippen molar-refractivity contribution in [2.45, 2.75) is 19.9 Å². The first-order valence-electron chi connectivity index (χ1n) is 7.04. The van der Waals surface area contributed by atoms with E-state index in [4.69, 9.17) is 20.9 Å². The number of nitrogens with zero attached hydrogens (tertiary/aromatic N) is 2. The molecule has 0 saturated heterocycles. The Morgan fingerprint density at radius 3 is 2.71 bits per heavy atom. The molecule has 5 nitrogen and oxygen atoms in total. The third-order valence-electron chi connectivity index (χ3n) is 3.45. The molecule has 0 fully saturated rings. The van der Waals surface area contributed by atoms with Crippen LogP contribution in [-0.2, 0) is 4.74 Å². The van der Waals surface area contributed by atoms with Crippen LogP contribution in [0.3, 0.4) is 0 Å². The van der Waals surface area contributed by atoms with E-state index in [1.807, 2.05) is 30.3 Å². The lowest BCUT2D eigenvalue weighted by Gasteiger charge is -2.28. The summed E-state index contributed by atoms with van der Waals surface area (Å²) in [6, 6.07) is 9.94. The summed E-state index contributed by atoms with van der Waals surface area (Å²) in [6.07, 6.45) is 0. The molecular weight excluding hydrogens is 264 g/mol. The number of nitrogens with one attached hydrogen (secondary N) is 1. The molecule has 0 atom stereocenters. The zero-order valence-electron chi connectivity index (χ0n) is 12.8. The van der Waals surface area contributed by atoms with Gasteiger partial charge < -0.3 is 15.4 Å². The first-order chi connectivity index (χ1) is 10.0. The van der Waals surface area contributed by atoms with Gasteiger partial charge in [0.1, 0.15) is 11.7 Å². The number of fused-ring (bicyclic) bond motifs is 1. The molecule has 0 spiro atoms. The fraction of sp³-hybridized carbons (Fsp3) is 0.375. The number of anilines is 1. The van der Waals surface area contributed by atoms with Crippen molar-refractivity contribution in [3.63, 3.8) is 0 Å². The monoisotopic (exact) mass is 286 g/mol. The molecule has 0 aliphatic heterocycles. The summed E-state index contributed by atoms with van der Waals surface area (Å²) in [6.45, 7) is 5.60. The van der Waals surface area contributed by atoms with Crippen molar-refractivity contribution in [1.29, 1.82) is 5.41 Å². The molecule has 1 heterocycles. The number of para-hydroxylation sites is 1. The Bertz CT molecular complexity index is 639. The fourth-order valence-electron chi connectivity index (χ4n) is 2.36. The summed E-state index contributed by atoms with van der Waals surface area (Å²) in [7, 11) is 1.69. The van der Waals surface area contributed by atoms with Crippen LogP contribution in [-0.4, -0.2) is 37.1 Å². The maximum absolute atomic E-state index is 7.81. The number of pyridine rings is 1. The van der Waals surface area contributed by atoms with E-state index in [2.05, 4.69) is 18.7 Å². The molecule has 5 heteroatoms. The number of ether oxygens (including phenoxy) is 1. The number of amidine groups is 1. The third kappa shape index (κ3) is 3.31. The predicted octanol–water partition coefficient (Wildman–Crippen LogP) is 2.38. The molecule has 0 amide bonds. The van der Waals surface area contributed by atoms with Crippen molar-refractivity contribution < 1.29 is 4.74 Å². The largest absolute Gasteiger partial charge is 0.384 e. The number of nitrogens with two attached hydrogens (primary N) is 1. The van der Waals surface area contributed by atoms with Gasteiger partial charge >= 0.3 is 0 Å². The van der Waals surface area contributed by atoms with Crippen LogP contribution < -0.4 is 10.6 Å². The number of methoxy groups -OCH3 is 1. The normalized spacial score (nSPS) is 11.0.